The number of amides is 1. The number of unbranched alkanes of at least 4 members (excludes halogenated alkanes) is 1. The number of aromatic nitrogens is 1. The summed E-state index contributed by atoms with van der Waals surface area (Å²) in [4.78, 5) is 26.2. The Balaban J connectivity index is 2.05. The number of nitrogens with one attached hydrogen (secondary N) is 1. The van der Waals surface area contributed by atoms with Gasteiger partial charge in [0.2, 0.25) is 5.91 Å². The molecule has 1 aromatic rings. The first-order valence-corrected chi connectivity index (χ1v) is 6.98. The first-order chi connectivity index (χ1) is 9.59. The van der Waals surface area contributed by atoms with Gasteiger partial charge in [-0.15, -0.1) is 0 Å². The Morgan fingerprint density at radius 2 is 2.20 bits per heavy atom. The highest BCUT2D eigenvalue weighted by Crippen LogP contribution is 2.07. The lowest BCUT2D eigenvalue weighted by atomic mass is 10.0. The van der Waals surface area contributed by atoms with Crippen LogP contribution >= 0.6 is 0 Å². The van der Waals surface area contributed by atoms with Crippen LogP contribution in [0.25, 0.3) is 0 Å². The topological polar surface area (TPSA) is 79.3 Å². The molecule has 5 heteroatoms. The van der Waals surface area contributed by atoms with E-state index in [0.717, 1.165) is 18.4 Å². The largest absolute Gasteiger partial charge is 0.481 e. The van der Waals surface area contributed by atoms with Crippen LogP contribution in [0, 0.1) is 5.92 Å². The summed E-state index contributed by atoms with van der Waals surface area (Å²) >= 11 is 0. The van der Waals surface area contributed by atoms with E-state index in [-0.39, 0.29) is 11.8 Å². The molecule has 0 aliphatic heterocycles. The van der Waals surface area contributed by atoms with E-state index in [1.807, 2.05) is 12.1 Å². The van der Waals surface area contributed by atoms with Gasteiger partial charge >= 0.3 is 5.97 Å². The number of hydrogen-bond donors (Lipinski definition) is 2. The molecule has 0 aromatic carbocycles. The standard InChI is InChI=1S/C15H22N2O3/c1-12(15(19)20)5-2-3-10-17-14(18)8-7-13-6-4-9-16-11-13/h4,6,9,11-12H,2-3,5,7-8,10H2,1H3,(H,17,18)(H,19,20)/t12-/m0/s1. The molecule has 0 aliphatic carbocycles. The maximum Gasteiger partial charge on any atom is 0.306 e. The lowest BCUT2D eigenvalue weighted by Gasteiger charge is -2.07. The quantitative estimate of drug-likeness (QED) is 0.677. The molecule has 0 aliphatic rings. The van der Waals surface area contributed by atoms with E-state index in [2.05, 4.69) is 10.3 Å². The monoisotopic (exact) mass is 278 g/mol. The molecule has 20 heavy (non-hydrogen) atoms. The normalized spacial score (nSPS) is 11.8. The van der Waals surface area contributed by atoms with Gasteiger partial charge in [-0.25, -0.2) is 0 Å². The Hall–Kier alpha value is -1.91. The highest BCUT2D eigenvalue weighted by Gasteiger charge is 2.09. The summed E-state index contributed by atoms with van der Waals surface area (Å²) in [7, 11) is 0. The smallest absolute Gasteiger partial charge is 0.306 e. The summed E-state index contributed by atoms with van der Waals surface area (Å²) < 4.78 is 0. The van der Waals surface area contributed by atoms with Gasteiger partial charge in [-0.05, 0) is 30.9 Å². The minimum Gasteiger partial charge on any atom is -0.481 e. The van der Waals surface area contributed by atoms with Gasteiger partial charge in [0.05, 0.1) is 5.92 Å². The number of carboxylic acid groups (broad SMARTS) is 1. The van der Waals surface area contributed by atoms with Crippen LogP contribution in [0.15, 0.2) is 24.5 Å². The molecule has 1 aromatic heterocycles. The van der Waals surface area contributed by atoms with Crippen LogP contribution < -0.4 is 5.32 Å². The minimum absolute atomic E-state index is 0.0279. The van der Waals surface area contributed by atoms with Gasteiger partial charge in [0.15, 0.2) is 0 Å². The van der Waals surface area contributed by atoms with E-state index in [4.69, 9.17) is 5.11 Å². The third-order valence-electron chi connectivity index (χ3n) is 3.17. The van der Waals surface area contributed by atoms with Crippen LogP contribution in [0.2, 0.25) is 0 Å². The molecule has 1 amide bonds. The summed E-state index contributed by atoms with van der Waals surface area (Å²) in [5.41, 5.74) is 1.05. The van der Waals surface area contributed by atoms with Crippen LogP contribution in [0.4, 0.5) is 0 Å². The third kappa shape index (κ3) is 6.87. The fourth-order valence-corrected chi connectivity index (χ4v) is 1.82. The Morgan fingerprint density at radius 1 is 1.40 bits per heavy atom. The highest BCUT2D eigenvalue weighted by molar-refractivity contribution is 5.76. The van der Waals surface area contributed by atoms with Crippen LogP contribution in [0.1, 0.15) is 38.2 Å². The molecule has 5 nitrogen and oxygen atoms in total. The second-order valence-electron chi connectivity index (χ2n) is 4.95. The average Bonchev–Trinajstić information content (AvgIpc) is 2.45. The predicted octanol–water partition coefficient (Wildman–Crippen LogP) is 2.02. The molecule has 0 unspecified atom stereocenters. The number of nitrogens with zero attached hydrogens (tertiary/aromatic N) is 1. The van der Waals surface area contributed by atoms with E-state index in [1.54, 1.807) is 19.3 Å². The molecule has 2 N–H and O–H groups in total. The zero-order valence-corrected chi connectivity index (χ0v) is 11.8. The SMILES string of the molecule is C[C@@H](CCCCNC(=O)CCc1cccnc1)C(=O)O. The van der Waals surface area contributed by atoms with Gasteiger partial charge in [-0.1, -0.05) is 19.4 Å². The zero-order chi connectivity index (χ0) is 14.8. The summed E-state index contributed by atoms with van der Waals surface area (Å²) in [5, 5.41) is 11.6. The van der Waals surface area contributed by atoms with Gasteiger partial charge < -0.3 is 10.4 Å². The number of hydrogen-bond acceptors (Lipinski definition) is 3. The first kappa shape index (κ1) is 16.1. The maximum atomic E-state index is 11.6. The molecule has 1 rings (SSSR count). The number of carbonyl (C=O) groups is 2. The number of rotatable bonds is 9. The van der Waals surface area contributed by atoms with Crippen molar-refractivity contribution in [1.29, 1.82) is 0 Å². The number of pyridine rings is 1. The first-order valence-electron chi connectivity index (χ1n) is 6.98. The maximum absolute atomic E-state index is 11.6. The van der Waals surface area contributed by atoms with Crippen LogP contribution in [0.3, 0.4) is 0 Å². The van der Waals surface area contributed by atoms with Crippen molar-refractivity contribution in [2.75, 3.05) is 6.54 Å². The Bertz CT molecular complexity index is 420. The highest BCUT2D eigenvalue weighted by atomic mass is 16.4. The Labute approximate surface area is 119 Å². The minimum atomic E-state index is -0.759. The number of carbonyl (C=O) groups excluding carboxylic acids is 1. The van der Waals surface area contributed by atoms with Crippen molar-refractivity contribution < 1.29 is 14.7 Å². The molecule has 0 radical (unpaired) electrons. The van der Waals surface area contributed by atoms with Crippen LogP contribution in [0.5, 0.6) is 0 Å². The number of carboxylic acids is 1. The molecule has 0 saturated carbocycles. The molecule has 110 valence electrons. The van der Waals surface area contributed by atoms with Gasteiger partial charge in [-0.2, -0.15) is 0 Å². The van der Waals surface area contributed by atoms with E-state index >= 15 is 0 Å². The second kappa shape index (κ2) is 9.07. The molecule has 0 saturated heterocycles. The van der Waals surface area contributed by atoms with Crippen molar-refractivity contribution in [3.63, 3.8) is 0 Å². The predicted molar refractivity (Wildman–Crippen MR) is 76.2 cm³/mol. The van der Waals surface area contributed by atoms with Crippen molar-refractivity contribution in [2.24, 2.45) is 5.92 Å². The average molecular weight is 278 g/mol. The second-order valence-corrected chi connectivity index (χ2v) is 4.95. The molecule has 0 bridgehead atoms. The van der Waals surface area contributed by atoms with Crippen LogP contribution in [-0.4, -0.2) is 28.5 Å². The lowest BCUT2D eigenvalue weighted by molar-refractivity contribution is -0.141. The summed E-state index contributed by atoms with van der Waals surface area (Å²) in [5.74, 6) is -1.04. The fraction of sp³-hybridized carbons (Fsp3) is 0.533. The number of aryl methyl sites for hydroxylation is 1. The molecule has 1 heterocycles. The molecule has 0 spiro atoms. The van der Waals surface area contributed by atoms with Crippen molar-refractivity contribution in [3.05, 3.63) is 30.1 Å². The molecule has 1 atom stereocenters. The molecular weight excluding hydrogens is 256 g/mol. The van der Waals surface area contributed by atoms with Crippen LogP contribution in [-0.2, 0) is 16.0 Å². The van der Waals surface area contributed by atoms with E-state index in [9.17, 15) is 9.59 Å². The van der Waals surface area contributed by atoms with E-state index < -0.39 is 5.97 Å². The number of aliphatic carboxylic acids is 1. The Kier molecular flexibility index (Phi) is 7.32. The van der Waals surface area contributed by atoms with Crippen molar-refractivity contribution >= 4 is 11.9 Å². The third-order valence-corrected chi connectivity index (χ3v) is 3.17. The fourth-order valence-electron chi connectivity index (χ4n) is 1.82. The van der Waals surface area contributed by atoms with E-state index in [0.29, 0.717) is 25.8 Å². The zero-order valence-electron chi connectivity index (χ0n) is 11.8. The van der Waals surface area contributed by atoms with Gasteiger partial charge in [0.1, 0.15) is 0 Å². The molecule has 0 fully saturated rings. The van der Waals surface area contributed by atoms with Crippen molar-refractivity contribution in [2.45, 2.75) is 39.0 Å². The summed E-state index contributed by atoms with van der Waals surface area (Å²) in [6.07, 6.45) is 6.91. The van der Waals surface area contributed by atoms with E-state index in [1.165, 1.54) is 0 Å². The van der Waals surface area contributed by atoms with Gasteiger partial charge in [0, 0.05) is 25.4 Å². The Morgan fingerprint density at radius 3 is 2.85 bits per heavy atom. The lowest BCUT2D eigenvalue weighted by Crippen LogP contribution is -2.24. The summed E-state index contributed by atoms with van der Waals surface area (Å²) in [6, 6.07) is 3.81. The molecular formula is C15H22N2O3. The summed E-state index contributed by atoms with van der Waals surface area (Å²) in [6.45, 7) is 2.31. The van der Waals surface area contributed by atoms with Gasteiger partial charge in [-0.3, -0.25) is 14.6 Å². The van der Waals surface area contributed by atoms with Crippen molar-refractivity contribution in [1.82, 2.24) is 10.3 Å². The van der Waals surface area contributed by atoms with Gasteiger partial charge in [0.25, 0.3) is 0 Å². The van der Waals surface area contributed by atoms with Crippen molar-refractivity contribution in [3.8, 4) is 0 Å².